The van der Waals surface area contributed by atoms with Gasteiger partial charge in [-0.15, -0.1) is 11.3 Å². The van der Waals surface area contributed by atoms with E-state index in [1.807, 2.05) is 50.4 Å². The highest BCUT2D eigenvalue weighted by atomic mass is 32.1. The van der Waals surface area contributed by atoms with Gasteiger partial charge in [-0.2, -0.15) is 0 Å². The predicted octanol–water partition coefficient (Wildman–Crippen LogP) is 3.92. The SMILES string of the molecule is Cc1nc(-c2ccc(OCc3c(C)cccc3N(N)C(=O)N(C)N)c(C)c2)cs1. The quantitative estimate of drug-likeness (QED) is 0.377. The molecular weight excluding hydrogens is 386 g/mol. The molecule has 0 saturated carbocycles. The Morgan fingerprint density at radius 1 is 1.14 bits per heavy atom. The first-order valence-corrected chi connectivity index (χ1v) is 9.97. The van der Waals surface area contributed by atoms with Crippen molar-refractivity contribution < 1.29 is 9.53 Å². The molecule has 0 unspecified atom stereocenters. The van der Waals surface area contributed by atoms with E-state index >= 15 is 0 Å². The van der Waals surface area contributed by atoms with Crippen LogP contribution in [0, 0.1) is 20.8 Å². The number of hydrazine groups is 2. The summed E-state index contributed by atoms with van der Waals surface area (Å²) in [6, 6.07) is 11.0. The van der Waals surface area contributed by atoms with Crippen LogP contribution in [0.15, 0.2) is 41.8 Å². The summed E-state index contributed by atoms with van der Waals surface area (Å²) in [5.41, 5.74) is 5.37. The van der Waals surface area contributed by atoms with Gasteiger partial charge in [-0.1, -0.05) is 12.1 Å². The van der Waals surface area contributed by atoms with Gasteiger partial charge in [0.25, 0.3) is 0 Å². The maximum absolute atomic E-state index is 12.2. The van der Waals surface area contributed by atoms with Crippen molar-refractivity contribution in [2.24, 2.45) is 11.7 Å². The van der Waals surface area contributed by atoms with Crippen LogP contribution in [-0.4, -0.2) is 23.1 Å². The number of aryl methyl sites for hydroxylation is 3. The summed E-state index contributed by atoms with van der Waals surface area (Å²) >= 11 is 1.63. The Bertz CT molecular complexity index is 1030. The van der Waals surface area contributed by atoms with E-state index < -0.39 is 6.03 Å². The molecule has 1 aromatic heterocycles. The van der Waals surface area contributed by atoms with E-state index in [2.05, 4.69) is 11.1 Å². The summed E-state index contributed by atoms with van der Waals surface area (Å²) in [6.45, 7) is 6.21. The molecule has 0 saturated heterocycles. The molecule has 3 rings (SSSR count). The van der Waals surface area contributed by atoms with E-state index in [4.69, 9.17) is 16.4 Å². The summed E-state index contributed by atoms with van der Waals surface area (Å²) in [7, 11) is 1.45. The van der Waals surface area contributed by atoms with Crippen molar-refractivity contribution in [3.8, 4) is 17.0 Å². The molecule has 0 atom stereocenters. The van der Waals surface area contributed by atoms with E-state index in [0.29, 0.717) is 5.69 Å². The number of nitrogens with two attached hydrogens (primary N) is 2. The fourth-order valence-electron chi connectivity index (χ4n) is 2.99. The zero-order chi connectivity index (χ0) is 21.1. The van der Waals surface area contributed by atoms with Crippen LogP contribution in [0.5, 0.6) is 5.75 Å². The molecule has 7 nitrogen and oxygen atoms in total. The zero-order valence-electron chi connectivity index (χ0n) is 17.0. The molecule has 152 valence electrons. The lowest BCUT2D eigenvalue weighted by Crippen LogP contribution is -2.49. The van der Waals surface area contributed by atoms with Crippen LogP contribution in [0.3, 0.4) is 0 Å². The van der Waals surface area contributed by atoms with Gasteiger partial charge in [0.1, 0.15) is 12.4 Å². The average Bonchev–Trinajstić information content (AvgIpc) is 3.12. The number of hydrogen-bond donors (Lipinski definition) is 2. The van der Waals surface area contributed by atoms with Gasteiger partial charge in [-0.05, 0) is 56.2 Å². The summed E-state index contributed by atoms with van der Waals surface area (Å²) in [5.74, 6) is 12.3. The van der Waals surface area contributed by atoms with Crippen LogP contribution in [0.2, 0.25) is 0 Å². The van der Waals surface area contributed by atoms with Crippen LogP contribution in [0.4, 0.5) is 10.5 Å². The normalized spacial score (nSPS) is 10.7. The molecule has 0 bridgehead atoms. The molecule has 0 fully saturated rings. The topological polar surface area (TPSA) is 97.7 Å². The van der Waals surface area contributed by atoms with Gasteiger partial charge < -0.3 is 4.74 Å². The van der Waals surface area contributed by atoms with Gasteiger partial charge in [0.15, 0.2) is 0 Å². The Morgan fingerprint density at radius 3 is 2.52 bits per heavy atom. The largest absolute Gasteiger partial charge is 0.489 e. The smallest absolute Gasteiger partial charge is 0.352 e. The second kappa shape index (κ2) is 8.60. The number of carbonyl (C=O) groups excluding carboxylic acids is 1. The lowest BCUT2D eigenvalue weighted by atomic mass is 10.1. The number of carbonyl (C=O) groups is 1. The summed E-state index contributed by atoms with van der Waals surface area (Å²) in [5, 5.41) is 5.06. The number of nitrogens with zero attached hydrogens (tertiary/aromatic N) is 3. The van der Waals surface area contributed by atoms with Gasteiger partial charge in [0.2, 0.25) is 0 Å². The minimum absolute atomic E-state index is 0.271. The lowest BCUT2D eigenvalue weighted by Gasteiger charge is -2.24. The Balaban J connectivity index is 1.82. The molecule has 0 aliphatic carbocycles. The van der Waals surface area contributed by atoms with Crippen molar-refractivity contribution in [3.63, 3.8) is 0 Å². The van der Waals surface area contributed by atoms with Gasteiger partial charge in [0.05, 0.1) is 16.4 Å². The minimum atomic E-state index is -0.518. The third-order valence-electron chi connectivity index (χ3n) is 4.61. The lowest BCUT2D eigenvalue weighted by molar-refractivity contribution is 0.216. The van der Waals surface area contributed by atoms with Crippen molar-refractivity contribution in [2.75, 3.05) is 12.1 Å². The van der Waals surface area contributed by atoms with Crippen molar-refractivity contribution in [1.82, 2.24) is 9.99 Å². The Kier molecular flexibility index (Phi) is 6.17. The van der Waals surface area contributed by atoms with Gasteiger partial charge >= 0.3 is 6.03 Å². The maximum atomic E-state index is 12.2. The molecule has 1 heterocycles. The number of amides is 2. The van der Waals surface area contributed by atoms with E-state index in [9.17, 15) is 4.79 Å². The molecule has 2 amide bonds. The first kappa shape index (κ1) is 20.8. The van der Waals surface area contributed by atoms with Gasteiger partial charge in [0, 0.05) is 23.6 Å². The zero-order valence-corrected chi connectivity index (χ0v) is 17.8. The van der Waals surface area contributed by atoms with Crippen LogP contribution in [0.1, 0.15) is 21.7 Å². The first-order valence-electron chi connectivity index (χ1n) is 9.09. The highest BCUT2D eigenvalue weighted by molar-refractivity contribution is 7.09. The Hall–Kier alpha value is -2.94. The molecular formula is C21H25N5O2S. The third kappa shape index (κ3) is 4.56. The average molecular weight is 412 g/mol. The molecule has 0 spiro atoms. The van der Waals surface area contributed by atoms with Crippen LogP contribution < -0.4 is 21.4 Å². The van der Waals surface area contributed by atoms with Crippen molar-refractivity contribution >= 4 is 23.1 Å². The van der Waals surface area contributed by atoms with Crippen LogP contribution in [0.25, 0.3) is 11.3 Å². The second-order valence-electron chi connectivity index (χ2n) is 6.86. The first-order chi connectivity index (χ1) is 13.8. The molecule has 3 aromatic rings. The number of urea groups is 1. The molecule has 0 radical (unpaired) electrons. The summed E-state index contributed by atoms with van der Waals surface area (Å²) < 4.78 is 6.07. The number of benzene rings is 2. The number of anilines is 1. The monoisotopic (exact) mass is 411 g/mol. The maximum Gasteiger partial charge on any atom is 0.352 e. The number of thiazole rings is 1. The van der Waals surface area contributed by atoms with Crippen LogP contribution >= 0.6 is 11.3 Å². The van der Waals surface area contributed by atoms with Gasteiger partial charge in [-0.25, -0.2) is 26.5 Å². The number of aromatic nitrogens is 1. The molecule has 8 heteroatoms. The Morgan fingerprint density at radius 2 is 1.90 bits per heavy atom. The van der Waals surface area contributed by atoms with Crippen molar-refractivity contribution in [3.05, 3.63) is 63.5 Å². The van der Waals surface area contributed by atoms with E-state index in [0.717, 1.165) is 48.7 Å². The molecule has 29 heavy (non-hydrogen) atoms. The van der Waals surface area contributed by atoms with Crippen molar-refractivity contribution in [2.45, 2.75) is 27.4 Å². The van der Waals surface area contributed by atoms with E-state index in [1.165, 1.54) is 7.05 Å². The number of ether oxygens (including phenoxy) is 1. The number of hydrogen-bond acceptors (Lipinski definition) is 6. The Labute approximate surface area is 174 Å². The van der Waals surface area contributed by atoms with E-state index in [-0.39, 0.29) is 6.61 Å². The predicted molar refractivity (Wildman–Crippen MR) is 117 cm³/mol. The fourth-order valence-corrected chi connectivity index (χ4v) is 3.61. The van der Waals surface area contributed by atoms with E-state index in [1.54, 1.807) is 17.4 Å². The second-order valence-corrected chi connectivity index (χ2v) is 7.92. The molecule has 0 aliphatic heterocycles. The number of rotatable bonds is 5. The van der Waals surface area contributed by atoms with Crippen LogP contribution in [-0.2, 0) is 6.61 Å². The molecule has 2 aromatic carbocycles. The van der Waals surface area contributed by atoms with Gasteiger partial charge in [-0.3, -0.25) is 5.01 Å². The minimum Gasteiger partial charge on any atom is -0.489 e. The highest BCUT2D eigenvalue weighted by Gasteiger charge is 2.19. The fraction of sp³-hybridized carbons (Fsp3) is 0.238. The third-order valence-corrected chi connectivity index (χ3v) is 5.39. The highest BCUT2D eigenvalue weighted by Crippen LogP contribution is 2.29. The molecule has 4 N–H and O–H groups in total. The summed E-state index contributed by atoms with van der Waals surface area (Å²) in [4.78, 5) is 16.7. The molecule has 0 aliphatic rings. The standard InChI is InChI=1S/C21H25N5O2S/c1-13-6-5-7-19(26(23)21(27)25(4)22)17(13)11-28-20-9-8-16(10-14(20)2)18-12-29-15(3)24-18/h5-10,12H,11,22-23H2,1-4H3. The summed E-state index contributed by atoms with van der Waals surface area (Å²) in [6.07, 6.45) is 0. The van der Waals surface area contributed by atoms with Crippen molar-refractivity contribution in [1.29, 1.82) is 0 Å².